The van der Waals surface area contributed by atoms with Crippen molar-refractivity contribution in [3.05, 3.63) is 42.6 Å². The van der Waals surface area contributed by atoms with Gasteiger partial charge in [-0.1, -0.05) is 0 Å². The van der Waals surface area contributed by atoms with E-state index in [4.69, 9.17) is 4.74 Å². The number of amides is 1. The predicted molar refractivity (Wildman–Crippen MR) is 68.6 cm³/mol. The number of aromatic amines is 1. The van der Waals surface area contributed by atoms with Crippen molar-refractivity contribution < 1.29 is 9.53 Å². The molecule has 0 spiro atoms. The maximum absolute atomic E-state index is 12.0. The van der Waals surface area contributed by atoms with E-state index in [9.17, 15) is 4.79 Å². The van der Waals surface area contributed by atoms with Crippen molar-refractivity contribution in [1.82, 2.24) is 19.9 Å². The van der Waals surface area contributed by atoms with Crippen molar-refractivity contribution in [1.29, 1.82) is 0 Å². The summed E-state index contributed by atoms with van der Waals surface area (Å²) in [6, 6.07) is 7.32. The molecular weight excluding hydrogens is 246 g/mol. The number of nitrogens with zero attached hydrogens (tertiary/aromatic N) is 3. The average molecular weight is 257 g/mol. The highest BCUT2D eigenvalue weighted by Crippen LogP contribution is 2.21. The lowest BCUT2D eigenvalue weighted by Crippen LogP contribution is -2.21. The minimum atomic E-state index is -0.269. The SMILES string of the molecule is COc1ccc2[nH]c(C(=O)Nn3cnnc3)cc2c1. The number of methoxy groups -OCH3 is 1. The number of aromatic nitrogens is 4. The van der Waals surface area contributed by atoms with Gasteiger partial charge in [-0.3, -0.25) is 10.2 Å². The molecule has 7 nitrogen and oxygen atoms in total. The molecular formula is C12H11N5O2. The number of H-pyrrole nitrogens is 1. The third kappa shape index (κ3) is 2.13. The van der Waals surface area contributed by atoms with Crippen molar-refractivity contribution in [2.45, 2.75) is 0 Å². The monoisotopic (exact) mass is 257 g/mol. The third-order valence-electron chi connectivity index (χ3n) is 2.72. The fraction of sp³-hybridized carbons (Fsp3) is 0.0833. The fourth-order valence-corrected chi connectivity index (χ4v) is 1.80. The van der Waals surface area contributed by atoms with Crippen LogP contribution in [0.4, 0.5) is 0 Å². The van der Waals surface area contributed by atoms with Gasteiger partial charge in [0, 0.05) is 10.9 Å². The van der Waals surface area contributed by atoms with Gasteiger partial charge in [-0.2, -0.15) is 0 Å². The number of rotatable bonds is 3. The van der Waals surface area contributed by atoms with E-state index in [-0.39, 0.29) is 5.91 Å². The molecule has 0 aliphatic carbocycles. The summed E-state index contributed by atoms with van der Waals surface area (Å²) in [5.74, 6) is 0.479. The van der Waals surface area contributed by atoms with Crippen molar-refractivity contribution in [2.24, 2.45) is 0 Å². The van der Waals surface area contributed by atoms with Gasteiger partial charge in [-0.05, 0) is 24.3 Å². The van der Waals surface area contributed by atoms with Crippen LogP contribution in [0.25, 0.3) is 10.9 Å². The first-order valence-corrected chi connectivity index (χ1v) is 5.59. The predicted octanol–water partition coefficient (Wildman–Crippen LogP) is 1.15. The number of hydrogen-bond acceptors (Lipinski definition) is 4. The molecule has 96 valence electrons. The minimum absolute atomic E-state index is 0.269. The molecule has 1 amide bonds. The van der Waals surface area contributed by atoms with E-state index < -0.39 is 0 Å². The maximum atomic E-state index is 12.0. The van der Waals surface area contributed by atoms with Gasteiger partial charge in [0.1, 0.15) is 24.1 Å². The highest BCUT2D eigenvalue weighted by molar-refractivity contribution is 6.02. The Balaban J connectivity index is 1.90. The topological polar surface area (TPSA) is 84.8 Å². The second-order valence-corrected chi connectivity index (χ2v) is 3.95. The summed E-state index contributed by atoms with van der Waals surface area (Å²) >= 11 is 0. The molecule has 0 saturated carbocycles. The number of carbonyl (C=O) groups is 1. The van der Waals surface area contributed by atoms with Gasteiger partial charge in [0.2, 0.25) is 0 Å². The van der Waals surface area contributed by atoms with E-state index in [1.165, 1.54) is 17.3 Å². The molecule has 0 fully saturated rings. The molecule has 0 aliphatic rings. The molecule has 2 heterocycles. The summed E-state index contributed by atoms with van der Waals surface area (Å²) in [7, 11) is 1.60. The zero-order valence-corrected chi connectivity index (χ0v) is 10.1. The number of hydrogen-bond donors (Lipinski definition) is 2. The molecule has 0 atom stereocenters. The molecule has 7 heteroatoms. The third-order valence-corrected chi connectivity index (χ3v) is 2.72. The van der Waals surface area contributed by atoms with Gasteiger partial charge in [0.15, 0.2) is 0 Å². The first kappa shape index (κ1) is 11.3. The summed E-state index contributed by atoms with van der Waals surface area (Å²) in [5, 5.41) is 8.12. The lowest BCUT2D eigenvalue weighted by atomic mass is 10.2. The van der Waals surface area contributed by atoms with E-state index in [2.05, 4.69) is 20.6 Å². The lowest BCUT2D eigenvalue weighted by molar-refractivity contribution is 0.100. The van der Waals surface area contributed by atoms with Crippen LogP contribution >= 0.6 is 0 Å². The highest BCUT2D eigenvalue weighted by Gasteiger charge is 2.10. The lowest BCUT2D eigenvalue weighted by Gasteiger charge is -2.01. The van der Waals surface area contributed by atoms with Crippen LogP contribution in [0.1, 0.15) is 10.5 Å². The average Bonchev–Trinajstić information content (AvgIpc) is 3.05. The van der Waals surface area contributed by atoms with Gasteiger partial charge < -0.3 is 9.72 Å². The molecule has 2 aromatic heterocycles. The second-order valence-electron chi connectivity index (χ2n) is 3.95. The van der Waals surface area contributed by atoms with Gasteiger partial charge in [-0.25, -0.2) is 4.68 Å². The Kier molecular flexibility index (Phi) is 2.64. The zero-order valence-electron chi connectivity index (χ0n) is 10.1. The quantitative estimate of drug-likeness (QED) is 0.737. The van der Waals surface area contributed by atoms with E-state index in [0.29, 0.717) is 5.69 Å². The smallest absolute Gasteiger partial charge is 0.286 e. The molecule has 0 radical (unpaired) electrons. The van der Waals surface area contributed by atoms with E-state index >= 15 is 0 Å². The van der Waals surface area contributed by atoms with Crippen LogP contribution < -0.4 is 10.2 Å². The molecule has 3 rings (SSSR count). The number of carbonyl (C=O) groups excluding carboxylic acids is 1. The van der Waals surface area contributed by atoms with E-state index in [1.54, 1.807) is 13.2 Å². The van der Waals surface area contributed by atoms with Gasteiger partial charge in [-0.15, -0.1) is 10.2 Å². The van der Waals surface area contributed by atoms with Crippen LogP contribution in [0.3, 0.4) is 0 Å². The highest BCUT2D eigenvalue weighted by atomic mass is 16.5. The number of benzene rings is 1. The van der Waals surface area contributed by atoms with Gasteiger partial charge in [0.25, 0.3) is 5.91 Å². The summed E-state index contributed by atoms with van der Waals surface area (Å²) < 4.78 is 6.53. The van der Waals surface area contributed by atoms with Crippen LogP contribution in [-0.4, -0.2) is 32.9 Å². The number of nitrogens with one attached hydrogen (secondary N) is 2. The standard InChI is InChI=1S/C12H11N5O2/c1-19-9-2-3-10-8(4-9)5-11(15-10)12(18)16-17-6-13-14-7-17/h2-7,15H,1H3,(H,16,18). The zero-order chi connectivity index (χ0) is 13.2. The molecule has 0 bridgehead atoms. The summed E-state index contributed by atoms with van der Waals surface area (Å²) in [6.45, 7) is 0. The Morgan fingerprint density at radius 3 is 2.84 bits per heavy atom. The Labute approximate surface area is 108 Å². The summed E-state index contributed by atoms with van der Waals surface area (Å²) in [4.78, 5) is 15.0. The molecule has 2 N–H and O–H groups in total. The van der Waals surface area contributed by atoms with Crippen LogP contribution in [-0.2, 0) is 0 Å². The minimum Gasteiger partial charge on any atom is -0.497 e. The van der Waals surface area contributed by atoms with Gasteiger partial charge >= 0.3 is 0 Å². The second kappa shape index (κ2) is 4.45. The van der Waals surface area contributed by atoms with E-state index in [0.717, 1.165) is 16.7 Å². The van der Waals surface area contributed by atoms with Crippen LogP contribution in [0, 0.1) is 0 Å². The van der Waals surface area contributed by atoms with Crippen LogP contribution in [0.5, 0.6) is 5.75 Å². The first-order chi connectivity index (χ1) is 9.26. The molecule has 3 aromatic rings. The van der Waals surface area contributed by atoms with E-state index in [1.807, 2.05) is 18.2 Å². The Bertz CT molecular complexity index is 717. The first-order valence-electron chi connectivity index (χ1n) is 5.59. The molecule has 0 unspecified atom stereocenters. The Hall–Kier alpha value is -2.83. The van der Waals surface area contributed by atoms with Crippen LogP contribution in [0.15, 0.2) is 36.9 Å². The van der Waals surface area contributed by atoms with Gasteiger partial charge in [0.05, 0.1) is 7.11 Å². The fourth-order valence-electron chi connectivity index (χ4n) is 1.80. The largest absolute Gasteiger partial charge is 0.497 e. The maximum Gasteiger partial charge on any atom is 0.286 e. The summed E-state index contributed by atoms with van der Waals surface area (Å²) in [6.07, 6.45) is 2.81. The summed E-state index contributed by atoms with van der Waals surface area (Å²) in [5.41, 5.74) is 3.94. The van der Waals surface area contributed by atoms with Crippen molar-refractivity contribution in [2.75, 3.05) is 12.5 Å². The van der Waals surface area contributed by atoms with Crippen molar-refractivity contribution in [3.8, 4) is 5.75 Å². The number of ether oxygens (including phenoxy) is 1. The molecule has 0 aliphatic heterocycles. The Morgan fingerprint density at radius 1 is 1.32 bits per heavy atom. The van der Waals surface area contributed by atoms with Crippen molar-refractivity contribution in [3.63, 3.8) is 0 Å². The molecule has 19 heavy (non-hydrogen) atoms. The molecule has 1 aromatic carbocycles. The normalized spacial score (nSPS) is 10.6. The van der Waals surface area contributed by atoms with Crippen molar-refractivity contribution >= 4 is 16.8 Å². The van der Waals surface area contributed by atoms with Crippen LogP contribution in [0.2, 0.25) is 0 Å². The Morgan fingerprint density at radius 2 is 2.11 bits per heavy atom. The number of fused-ring (bicyclic) bond motifs is 1. The molecule has 0 saturated heterocycles.